The van der Waals surface area contributed by atoms with E-state index in [0.717, 1.165) is 39.7 Å². The maximum Gasteiger partial charge on any atom is 0.211 e. The van der Waals surface area contributed by atoms with Gasteiger partial charge >= 0.3 is 0 Å². The summed E-state index contributed by atoms with van der Waals surface area (Å²) in [6.45, 7) is 2.50. The number of benzene rings is 1. The second-order valence-corrected chi connectivity index (χ2v) is 6.17. The van der Waals surface area contributed by atoms with Gasteiger partial charge in [0, 0.05) is 11.2 Å². The van der Waals surface area contributed by atoms with Crippen LogP contribution in [-0.2, 0) is 6.42 Å². The summed E-state index contributed by atoms with van der Waals surface area (Å²) in [5.41, 5.74) is 14.5. The van der Waals surface area contributed by atoms with Gasteiger partial charge in [-0.05, 0) is 43.4 Å². The summed E-state index contributed by atoms with van der Waals surface area (Å²) in [6, 6.07) is 9.66. The third-order valence-corrected chi connectivity index (χ3v) is 4.43. The van der Waals surface area contributed by atoms with Gasteiger partial charge in [0.25, 0.3) is 0 Å². The molecule has 2 aromatic rings. The minimum atomic E-state index is -0.0873. The average Bonchev–Trinajstić information content (AvgIpc) is 2.60. The van der Waals surface area contributed by atoms with Crippen LogP contribution in [0.2, 0.25) is 5.02 Å². The predicted molar refractivity (Wildman–Crippen MR) is 100 cm³/mol. The van der Waals surface area contributed by atoms with Crippen molar-refractivity contribution in [2.75, 3.05) is 6.61 Å². The van der Waals surface area contributed by atoms with Crippen molar-refractivity contribution in [2.45, 2.75) is 25.7 Å². The van der Waals surface area contributed by atoms with Crippen LogP contribution in [0.25, 0.3) is 0 Å². The molecule has 0 spiro atoms. The molecule has 0 radical (unpaired) electrons. The Morgan fingerprint density at radius 2 is 2.08 bits per heavy atom. The molecule has 3 rings (SSSR count). The van der Waals surface area contributed by atoms with E-state index in [9.17, 15) is 0 Å². The molecule has 0 saturated heterocycles. The first-order valence-corrected chi connectivity index (χ1v) is 8.48. The van der Waals surface area contributed by atoms with Crippen molar-refractivity contribution in [3.05, 3.63) is 58.4 Å². The number of halogens is 1. The van der Waals surface area contributed by atoms with E-state index in [1.807, 2.05) is 37.3 Å². The predicted octanol–water partition coefficient (Wildman–Crippen LogP) is 2.84. The molecule has 1 aliphatic carbocycles. The number of hydrogen-bond acceptors (Lipinski definition) is 4. The average molecular weight is 358 g/mol. The van der Waals surface area contributed by atoms with Crippen LogP contribution in [0.4, 0.5) is 0 Å². The highest BCUT2D eigenvalue weighted by molar-refractivity contribution is 6.31. The van der Waals surface area contributed by atoms with Crippen LogP contribution >= 0.6 is 11.6 Å². The number of nitrogens with zero attached hydrogens (tertiary/aromatic N) is 3. The molecule has 7 heteroatoms. The number of guanidine groups is 1. The van der Waals surface area contributed by atoms with Crippen LogP contribution in [0.15, 0.2) is 46.7 Å². The number of fused-ring (bicyclic) bond motifs is 1. The lowest BCUT2D eigenvalue weighted by atomic mass is 9.81. The van der Waals surface area contributed by atoms with Crippen molar-refractivity contribution >= 4 is 23.3 Å². The Bertz CT molecular complexity index is 830. The zero-order valence-corrected chi connectivity index (χ0v) is 14.7. The number of rotatable bonds is 4. The fraction of sp³-hybridized carbons (Fsp3) is 0.278. The summed E-state index contributed by atoms with van der Waals surface area (Å²) in [4.78, 5) is 4.53. The van der Waals surface area contributed by atoms with E-state index in [0.29, 0.717) is 13.0 Å². The number of ether oxygens (including phenoxy) is 1. The fourth-order valence-corrected chi connectivity index (χ4v) is 3.39. The fourth-order valence-electron chi connectivity index (χ4n) is 3.10. The highest BCUT2D eigenvalue weighted by atomic mass is 35.5. The largest absolute Gasteiger partial charge is 0.493 e. The van der Waals surface area contributed by atoms with Gasteiger partial charge in [-0.2, -0.15) is 5.10 Å². The number of hydrogen-bond donors (Lipinski definition) is 2. The summed E-state index contributed by atoms with van der Waals surface area (Å²) < 4.78 is 5.75. The molecule has 0 bridgehead atoms. The van der Waals surface area contributed by atoms with E-state index in [1.54, 1.807) is 6.20 Å². The lowest BCUT2D eigenvalue weighted by molar-refractivity contribution is 0.338. The van der Waals surface area contributed by atoms with Crippen LogP contribution in [0.3, 0.4) is 0 Å². The monoisotopic (exact) mass is 357 g/mol. The summed E-state index contributed by atoms with van der Waals surface area (Å²) >= 11 is 6.39. The lowest BCUT2D eigenvalue weighted by Crippen LogP contribution is -2.24. The minimum absolute atomic E-state index is 0.0873. The molecule has 0 fully saturated rings. The second kappa shape index (κ2) is 7.53. The van der Waals surface area contributed by atoms with Gasteiger partial charge in [0.15, 0.2) is 0 Å². The zero-order valence-electron chi connectivity index (χ0n) is 13.9. The SMILES string of the molecule is CCOc1ccnc2c1/C(=N\N=C(N)N)CC(c1ccccc1Cl)C2. The Balaban J connectivity index is 2.09. The zero-order chi connectivity index (χ0) is 17.8. The number of aromatic nitrogens is 1. The van der Waals surface area contributed by atoms with E-state index in [4.69, 9.17) is 27.8 Å². The molecule has 25 heavy (non-hydrogen) atoms. The van der Waals surface area contributed by atoms with Crippen LogP contribution in [0, 0.1) is 0 Å². The van der Waals surface area contributed by atoms with Crippen molar-refractivity contribution in [1.82, 2.24) is 4.98 Å². The smallest absolute Gasteiger partial charge is 0.211 e. The third kappa shape index (κ3) is 3.74. The normalized spacial score (nSPS) is 17.8. The molecule has 1 heterocycles. The Morgan fingerprint density at radius 1 is 1.28 bits per heavy atom. The quantitative estimate of drug-likeness (QED) is 0.499. The van der Waals surface area contributed by atoms with Gasteiger partial charge in [0.05, 0.1) is 23.6 Å². The molecule has 1 aromatic carbocycles. The molecule has 1 unspecified atom stereocenters. The Hall–Kier alpha value is -2.60. The van der Waals surface area contributed by atoms with Crippen LogP contribution in [-0.4, -0.2) is 23.3 Å². The first-order chi connectivity index (χ1) is 12.1. The van der Waals surface area contributed by atoms with Gasteiger partial charge < -0.3 is 16.2 Å². The molecular formula is C18H20ClN5O. The summed E-state index contributed by atoms with van der Waals surface area (Å²) in [6.07, 6.45) is 3.15. The Kier molecular flexibility index (Phi) is 5.19. The van der Waals surface area contributed by atoms with Gasteiger partial charge in [0.2, 0.25) is 5.96 Å². The maximum absolute atomic E-state index is 6.39. The Labute approximate surface area is 151 Å². The molecule has 4 N–H and O–H groups in total. The summed E-state index contributed by atoms with van der Waals surface area (Å²) in [7, 11) is 0. The van der Waals surface area contributed by atoms with Crippen molar-refractivity contribution in [3.8, 4) is 5.75 Å². The molecule has 1 aromatic heterocycles. The second-order valence-electron chi connectivity index (χ2n) is 5.76. The molecule has 1 atom stereocenters. The van der Waals surface area contributed by atoms with Gasteiger partial charge in [-0.1, -0.05) is 29.8 Å². The van der Waals surface area contributed by atoms with Crippen LogP contribution < -0.4 is 16.2 Å². The summed E-state index contributed by atoms with van der Waals surface area (Å²) in [5.74, 6) is 0.809. The van der Waals surface area contributed by atoms with Gasteiger partial charge in [-0.3, -0.25) is 4.98 Å². The molecule has 0 saturated carbocycles. The summed E-state index contributed by atoms with van der Waals surface area (Å²) in [5, 5.41) is 8.84. The first-order valence-electron chi connectivity index (χ1n) is 8.11. The van der Waals surface area contributed by atoms with Gasteiger partial charge in [0.1, 0.15) is 5.75 Å². The van der Waals surface area contributed by atoms with Crippen LogP contribution in [0.5, 0.6) is 5.75 Å². The topological polar surface area (TPSA) is 98.9 Å². The van der Waals surface area contributed by atoms with Crippen molar-refractivity contribution < 1.29 is 4.74 Å². The Morgan fingerprint density at radius 3 is 2.80 bits per heavy atom. The standard InChI is InChI=1S/C18H20ClN5O/c1-2-25-16-7-8-22-14-9-11(12-5-3-4-6-13(12)19)10-15(17(14)16)23-24-18(20)21/h3-8,11H,2,9-10H2,1H3,(H4,20,21,24)/b23-15-. The van der Waals surface area contributed by atoms with Crippen LogP contribution in [0.1, 0.15) is 36.1 Å². The minimum Gasteiger partial charge on any atom is -0.493 e. The molecule has 1 aliphatic rings. The number of nitrogens with two attached hydrogens (primary N) is 2. The van der Waals surface area contributed by atoms with Crippen molar-refractivity contribution in [1.29, 1.82) is 0 Å². The van der Waals surface area contributed by atoms with Crippen molar-refractivity contribution in [3.63, 3.8) is 0 Å². The van der Waals surface area contributed by atoms with E-state index < -0.39 is 0 Å². The highest BCUT2D eigenvalue weighted by Crippen LogP contribution is 2.38. The van der Waals surface area contributed by atoms with E-state index in [2.05, 4.69) is 15.2 Å². The molecule has 130 valence electrons. The molecule has 0 aliphatic heterocycles. The van der Waals surface area contributed by atoms with Gasteiger partial charge in [-0.15, -0.1) is 5.10 Å². The van der Waals surface area contributed by atoms with Gasteiger partial charge in [-0.25, -0.2) is 0 Å². The molecule has 0 amide bonds. The lowest BCUT2D eigenvalue weighted by Gasteiger charge is -2.27. The van der Waals surface area contributed by atoms with E-state index in [-0.39, 0.29) is 11.9 Å². The first kappa shape index (κ1) is 17.2. The van der Waals surface area contributed by atoms with E-state index in [1.165, 1.54) is 0 Å². The molecular weight excluding hydrogens is 338 g/mol. The highest BCUT2D eigenvalue weighted by Gasteiger charge is 2.29. The third-order valence-electron chi connectivity index (χ3n) is 4.09. The maximum atomic E-state index is 6.39. The van der Waals surface area contributed by atoms with Crippen molar-refractivity contribution in [2.24, 2.45) is 21.7 Å². The number of pyridine rings is 1. The van der Waals surface area contributed by atoms with E-state index >= 15 is 0 Å². The molecule has 6 nitrogen and oxygen atoms in total.